The van der Waals surface area contributed by atoms with Crippen molar-refractivity contribution in [2.45, 2.75) is 71.0 Å². The Labute approximate surface area is 226 Å². The first kappa shape index (κ1) is 28.8. The molecular formula is C26H35F2N7O3S. The molecule has 0 bridgehead atoms. The fourth-order valence-electron chi connectivity index (χ4n) is 4.94. The summed E-state index contributed by atoms with van der Waals surface area (Å²) in [6, 6.07) is 2.22. The van der Waals surface area contributed by atoms with Gasteiger partial charge in [0.15, 0.2) is 17.3 Å². The molecule has 1 fully saturated rings. The van der Waals surface area contributed by atoms with Crippen LogP contribution in [0.5, 0.6) is 0 Å². The number of sulfonamides is 1. The Hall–Kier alpha value is -3.19. The molecule has 10 nitrogen and oxygen atoms in total. The smallest absolute Gasteiger partial charge is 0.278 e. The topological polar surface area (TPSA) is 122 Å². The SMILES string of the molecule is CCCS(=O)(=O)Nc1c(F)cc(-c2nc3cnc(NC4CCC(N(C)C)CC4)nc3n(C(C)C)c2=O)cc1F. The summed E-state index contributed by atoms with van der Waals surface area (Å²) in [7, 11) is 0.253. The van der Waals surface area contributed by atoms with Crippen LogP contribution >= 0.6 is 0 Å². The maximum atomic E-state index is 14.9. The Bertz CT molecular complexity index is 1490. The van der Waals surface area contributed by atoms with Crippen LogP contribution in [0.4, 0.5) is 20.4 Å². The lowest BCUT2D eigenvalue weighted by Gasteiger charge is -2.32. The highest BCUT2D eigenvalue weighted by Gasteiger charge is 2.24. The quantitative estimate of drug-likeness (QED) is 0.398. The first-order chi connectivity index (χ1) is 18.4. The van der Waals surface area contributed by atoms with Gasteiger partial charge in [0.25, 0.3) is 5.56 Å². The van der Waals surface area contributed by atoms with E-state index in [4.69, 9.17) is 0 Å². The van der Waals surface area contributed by atoms with Crippen LogP contribution in [0.1, 0.15) is 58.9 Å². The molecule has 0 spiro atoms. The fourth-order valence-corrected chi connectivity index (χ4v) is 6.09. The lowest BCUT2D eigenvalue weighted by molar-refractivity contribution is 0.221. The Morgan fingerprint density at radius 2 is 1.74 bits per heavy atom. The highest BCUT2D eigenvalue weighted by molar-refractivity contribution is 7.92. The molecule has 0 amide bonds. The zero-order valence-electron chi connectivity index (χ0n) is 22.8. The largest absolute Gasteiger partial charge is 0.351 e. The van der Waals surface area contributed by atoms with E-state index in [1.807, 2.05) is 4.72 Å². The van der Waals surface area contributed by atoms with Gasteiger partial charge in [0.2, 0.25) is 16.0 Å². The van der Waals surface area contributed by atoms with Crippen LogP contribution in [0.25, 0.3) is 22.4 Å². The van der Waals surface area contributed by atoms with Gasteiger partial charge in [-0.15, -0.1) is 0 Å². The minimum atomic E-state index is -3.92. The van der Waals surface area contributed by atoms with Gasteiger partial charge in [0, 0.05) is 23.7 Å². The second-order valence-corrected chi connectivity index (χ2v) is 12.3. The molecule has 0 aliphatic heterocycles. The molecule has 1 aliphatic rings. The van der Waals surface area contributed by atoms with Gasteiger partial charge in [-0.05, 0) is 72.2 Å². The molecule has 0 atom stereocenters. The van der Waals surface area contributed by atoms with Gasteiger partial charge in [0.05, 0.1) is 11.9 Å². The number of rotatable bonds is 9. The zero-order valence-corrected chi connectivity index (χ0v) is 23.6. The summed E-state index contributed by atoms with van der Waals surface area (Å²) >= 11 is 0. The minimum absolute atomic E-state index is 0.121. The van der Waals surface area contributed by atoms with Gasteiger partial charge in [0.1, 0.15) is 16.9 Å². The molecule has 3 aromatic rings. The lowest BCUT2D eigenvalue weighted by Crippen LogP contribution is -2.36. The summed E-state index contributed by atoms with van der Waals surface area (Å²) in [5.74, 6) is -2.20. The molecule has 2 heterocycles. The highest BCUT2D eigenvalue weighted by Crippen LogP contribution is 2.28. The number of halogens is 2. The van der Waals surface area contributed by atoms with Crippen molar-refractivity contribution in [3.63, 3.8) is 0 Å². The number of nitrogens with zero attached hydrogens (tertiary/aromatic N) is 5. The van der Waals surface area contributed by atoms with Gasteiger partial charge in [-0.1, -0.05) is 6.92 Å². The van der Waals surface area contributed by atoms with Crippen LogP contribution in [0.3, 0.4) is 0 Å². The third-order valence-corrected chi connectivity index (χ3v) is 8.42. The summed E-state index contributed by atoms with van der Waals surface area (Å²) in [4.78, 5) is 29.1. The molecule has 0 unspecified atom stereocenters. The molecule has 0 saturated heterocycles. The number of benzene rings is 1. The number of fused-ring (bicyclic) bond motifs is 1. The van der Waals surface area contributed by atoms with Crippen molar-refractivity contribution in [3.05, 3.63) is 40.3 Å². The first-order valence-electron chi connectivity index (χ1n) is 13.1. The summed E-state index contributed by atoms with van der Waals surface area (Å²) in [5, 5.41) is 3.37. The fraction of sp³-hybridized carbons (Fsp3) is 0.538. The zero-order chi connectivity index (χ0) is 28.5. The Morgan fingerprint density at radius 1 is 1.10 bits per heavy atom. The Balaban J connectivity index is 1.69. The third-order valence-electron chi connectivity index (χ3n) is 6.95. The maximum Gasteiger partial charge on any atom is 0.278 e. The summed E-state index contributed by atoms with van der Waals surface area (Å²) < 4.78 is 57.2. The van der Waals surface area contributed by atoms with Crippen molar-refractivity contribution in [3.8, 4) is 11.3 Å². The molecular weight excluding hydrogens is 528 g/mol. The predicted octanol–water partition coefficient (Wildman–Crippen LogP) is 4.15. The van der Waals surface area contributed by atoms with Crippen molar-refractivity contribution >= 4 is 32.8 Å². The number of nitrogens with one attached hydrogen (secondary N) is 2. The monoisotopic (exact) mass is 563 g/mol. The summed E-state index contributed by atoms with van der Waals surface area (Å²) in [6.45, 7) is 5.24. The van der Waals surface area contributed by atoms with Crippen molar-refractivity contribution in [2.75, 3.05) is 29.9 Å². The average Bonchev–Trinajstić information content (AvgIpc) is 2.85. The average molecular weight is 564 g/mol. The Morgan fingerprint density at radius 3 is 2.31 bits per heavy atom. The van der Waals surface area contributed by atoms with Gasteiger partial charge < -0.3 is 10.2 Å². The van der Waals surface area contributed by atoms with Crippen molar-refractivity contribution < 1.29 is 17.2 Å². The molecule has 2 aromatic heterocycles. The molecule has 39 heavy (non-hydrogen) atoms. The van der Waals surface area contributed by atoms with E-state index in [-0.39, 0.29) is 41.0 Å². The van der Waals surface area contributed by atoms with Crippen LogP contribution < -0.4 is 15.6 Å². The molecule has 1 saturated carbocycles. The van der Waals surface area contributed by atoms with Gasteiger partial charge >= 0.3 is 0 Å². The molecule has 4 rings (SSSR count). The number of aromatic nitrogens is 4. The van der Waals surface area contributed by atoms with E-state index in [0.29, 0.717) is 17.6 Å². The van der Waals surface area contributed by atoms with E-state index < -0.39 is 32.9 Å². The summed E-state index contributed by atoms with van der Waals surface area (Å²) in [6.07, 6.45) is 5.83. The number of hydrogen-bond donors (Lipinski definition) is 2. The standard InChI is InChI=1S/C26H35F2N7O3S/c1-6-11-39(37,38)33-23-19(27)12-16(13-20(23)28)22-25(36)35(15(2)3)24-21(31-22)14-29-26(32-24)30-17-7-9-18(10-8-17)34(4)5/h12-15,17-18,33H,6-11H2,1-5H3,(H,29,30,32). The van der Waals surface area contributed by atoms with Gasteiger partial charge in [-0.25, -0.2) is 27.2 Å². The van der Waals surface area contributed by atoms with E-state index in [1.54, 1.807) is 20.8 Å². The Kier molecular flexibility index (Phi) is 8.50. The summed E-state index contributed by atoms with van der Waals surface area (Å²) in [5.41, 5.74) is -1.09. The van der Waals surface area contributed by atoms with E-state index in [0.717, 1.165) is 37.8 Å². The van der Waals surface area contributed by atoms with E-state index in [1.165, 1.54) is 10.8 Å². The van der Waals surface area contributed by atoms with E-state index in [9.17, 15) is 22.0 Å². The third kappa shape index (κ3) is 6.35. The molecule has 1 aromatic carbocycles. The van der Waals surface area contributed by atoms with Crippen LogP contribution in [0, 0.1) is 11.6 Å². The maximum absolute atomic E-state index is 14.9. The second kappa shape index (κ2) is 11.5. The predicted molar refractivity (Wildman–Crippen MR) is 148 cm³/mol. The number of hydrogen-bond acceptors (Lipinski definition) is 8. The van der Waals surface area contributed by atoms with E-state index >= 15 is 0 Å². The van der Waals surface area contributed by atoms with Gasteiger partial charge in [-0.2, -0.15) is 4.98 Å². The molecule has 2 N–H and O–H groups in total. The van der Waals surface area contributed by atoms with Crippen LogP contribution in [-0.4, -0.2) is 64.8 Å². The second-order valence-electron chi connectivity index (χ2n) is 10.5. The minimum Gasteiger partial charge on any atom is -0.351 e. The van der Waals surface area contributed by atoms with Crippen LogP contribution in [0.2, 0.25) is 0 Å². The number of anilines is 2. The van der Waals surface area contributed by atoms with E-state index in [2.05, 4.69) is 39.3 Å². The molecule has 0 radical (unpaired) electrons. The molecule has 13 heteroatoms. The molecule has 1 aliphatic carbocycles. The van der Waals surface area contributed by atoms with Gasteiger partial charge in [-0.3, -0.25) is 14.1 Å². The van der Waals surface area contributed by atoms with Crippen molar-refractivity contribution in [2.24, 2.45) is 0 Å². The highest BCUT2D eigenvalue weighted by atomic mass is 32.2. The van der Waals surface area contributed by atoms with Crippen LogP contribution in [-0.2, 0) is 10.0 Å². The first-order valence-corrected chi connectivity index (χ1v) is 14.8. The van der Waals surface area contributed by atoms with Crippen LogP contribution in [0.15, 0.2) is 23.1 Å². The van der Waals surface area contributed by atoms with Crippen molar-refractivity contribution in [1.29, 1.82) is 0 Å². The normalized spacial score (nSPS) is 18.2. The lowest BCUT2D eigenvalue weighted by atomic mass is 9.91. The van der Waals surface area contributed by atoms with Crippen molar-refractivity contribution in [1.82, 2.24) is 24.4 Å². The molecule has 212 valence electrons.